The Morgan fingerprint density at radius 1 is 1.65 bits per heavy atom. The van der Waals surface area contributed by atoms with Gasteiger partial charge in [-0.25, -0.2) is 18.2 Å². The van der Waals surface area contributed by atoms with Gasteiger partial charge < -0.3 is 9.67 Å². The van der Waals surface area contributed by atoms with E-state index in [2.05, 4.69) is 10.3 Å². The highest BCUT2D eigenvalue weighted by atomic mass is 32.2. The van der Waals surface area contributed by atoms with Crippen molar-refractivity contribution >= 4 is 15.8 Å². The predicted octanol–water partition coefficient (Wildman–Crippen LogP) is -0.642. The van der Waals surface area contributed by atoms with Crippen LogP contribution in [0.4, 0.5) is 0 Å². The summed E-state index contributed by atoms with van der Waals surface area (Å²) in [6.07, 6.45) is 3.21. The monoisotopic (exact) mass is 259 g/mol. The van der Waals surface area contributed by atoms with Gasteiger partial charge in [-0.05, 0) is 19.4 Å². The largest absolute Gasteiger partial charge is 0.479 e. The van der Waals surface area contributed by atoms with E-state index in [9.17, 15) is 18.3 Å². The Morgan fingerprint density at radius 3 is 2.76 bits per heavy atom. The minimum Gasteiger partial charge on any atom is -0.479 e. The number of aromatic nitrogens is 2. The van der Waals surface area contributed by atoms with E-state index in [0.29, 0.717) is 13.0 Å². The number of hydrogen-bond donors (Lipinski definition) is 2. The molecule has 1 aromatic rings. The van der Waals surface area contributed by atoms with Crippen LogP contribution in [0.1, 0.15) is 12.8 Å². The highest BCUT2D eigenvalue weighted by molar-refractivity contribution is 7.93. The zero-order chi connectivity index (χ0) is 12.7. The summed E-state index contributed by atoms with van der Waals surface area (Å²) in [6, 6.07) is 0. The van der Waals surface area contributed by atoms with Crippen LogP contribution in [0.15, 0.2) is 17.6 Å². The van der Waals surface area contributed by atoms with E-state index in [0.717, 1.165) is 0 Å². The minimum absolute atomic E-state index is 0.0568. The lowest BCUT2D eigenvalue weighted by atomic mass is 10.2. The molecule has 1 atom stereocenters. The zero-order valence-corrected chi connectivity index (χ0v) is 10.1. The molecular weight excluding hydrogens is 246 g/mol. The number of carbonyl (C=O) groups is 1. The van der Waals surface area contributed by atoms with E-state index in [4.69, 9.17) is 0 Å². The van der Waals surface area contributed by atoms with Crippen molar-refractivity contribution in [3.63, 3.8) is 0 Å². The number of imidazole rings is 1. The van der Waals surface area contributed by atoms with Crippen molar-refractivity contribution in [3.05, 3.63) is 12.5 Å². The van der Waals surface area contributed by atoms with Crippen LogP contribution in [0, 0.1) is 0 Å². The highest BCUT2D eigenvalue weighted by Gasteiger charge is 2.54. The predicted molar refractivity (Wildman–Crippen MR) is 58.0 cm³/mol. The summed E-state index contributed by atoms with van der Waals surface area (Å²) in [5, 5.41) is 11.6. The number of hydrogen-bond acceptors (Lipinski definition) is 5. The molecule has 0 amide bonds. The van der Waals surface area contributed by atoms with Gasteiger partial charge in [0.25, 0.3) is 0 Å². The summed E-state index contributed by atoms with van der Waals surface area (Å²) in [4.78, 5) is 13.1. The number of carboxylic acid groups (broad SMARTS) is 1. The Labute approximate surface area is 98.4 Å². The first kappa shape index (κ1) is 12.1. The third-order valence-corrected chi connectivity index (χ3v) is 5.08. The molecule has 0 radical (unpaired) electrons. The van der Waals surface area contributed by atoms with Crippen LogP contribution in [0.2, 0.25) is 0 Å². The second-order valence-electron chi connectivity index (χ2n) is 4.04. The van der Waals surface area contributed by atoms with Gasteiger partial charge in [0.15, 0.2) is 5.03 Å². The number of nitrogens with one attached hydrogen (secondary N) is 1. The van der Waals surface area contributed by atoms with Crippen LogP contribution in [0.3, 0.4) is 0 Å². The van der Waals surface area contributed by atoms with E-state index in [1.54, 1.807) is 7.05 Å². The van der Waals surface area contributed by atoms with Gasteiger partial charge in [-0.15, -0.1) is 0 Å². The molecule has 1 saturated heterocycles. The number of aliphatic carboxylic acids is 1. The topological polar surface area (TPSA) is 101 Å². The van der Waals surface area contributed by atoms with E-state index in [-0.39, 0.29) is 11.4 Å². The summed E-state index contributed by atoms with van der Waals surface area (Å²) >= 11 is 0. The van der Waals surface area contributed by atoms with Crippen LogP contribution in [-0.4, -0.2) is 40.5 Å². The fourth-order valence-corrected chi connectivity index (χ4v) is 3.73. The van der Waals surface area contributed by atoms with E-state index < -0.39 is 20.7 Å². The standard InChI is InChI=1S/C9H13N3O4S/c1-12-5-7(10-6-12)17(15,16)9(8(13)14)3-2-4-11-9/h5-6,11H,2-4H2,1H3,(H,13,14)/t9-/m1/s1. The summed E-state index contributed by atoms with van der Waals surface area (Å²) in [5.41, 5.74) is 0. The highest BCUT2D eigenvalue weighted by Crippen LogP contribution is 2.30. The molecule has 0 aromatic carbocycles. The second-order valence-corrected chi connectivity index (χ2v) is 6.17. The molecule has 2 heterocycles. The molecule has 1 fully saturated rings. The molecule has 0 bridgehead atoms. The maximum atomic E-state index is 12.3. The van der Waals surface area contributed by atoms with Gasteiger partial charge in [-0.2, -0.15) is 0 Å². The Bertz CT molecular complexity index is 542. The quantitative estimate of drug-likeness (QED) is 0.748. The summed E-state index contributed by atoms with van der Waals surface area (Å²) in [6.45, 7) is 0.373. The van der Waals surface area contributed by atoms with Crippen molar-refractivity contribution in [3.8, 4) is 0 Å². The molecule has 0 unspecified atom stereocenters. The third kappa shape index (κ3) is 1.64. The number of rotatable bonds is 3. The molecule has 94 valence electrons. The molecule has 1 aromatic heterocycles. The van der Waals surface area contributed by atoms with Crippen LogP contribution >= 0.6 is 0 Å². The fraction of sp³-hybridized carbons (Fsp3) is 0.556. The average Bonchev–Trinajstić information content (AvgIpc) is 2.85. The number of aryl methyl sites for hydroxylation is 1. The van der Waals surface area contributed by atoms with E-state index in [1.165, 1.54) is 17.1 Å². The molecular formula is C9H13N3O4S. The van der Waals surface area contributed by atoms with Gasteiger partial charge in [0.05, 0.1) is 6.33 Å². The van der Waals surface area contributed by atoms with Gasteiger partial charge in [0.2, 0.25) is 14.7 Å². The summed E-state index contributed by atoms with van der Waals surface area (Å²) in [7, 11) is -2.39. The molecule has 1 aliphatic rings. The lowest BCUT2D eigenvalue weighted by molar-refractivity contribution is -0.140. The smallest absolute Gasteiger partial charge is 0.340 e. The molecule has 0 saturated carbocycles. The van der Waals surface area contributed by atoms with E-state index >= 15 is 0 Å². The maximum absolute atomic E-state index is 12.3. The van der Waals surface area contributed by atoms with Gasteiger partial charge in [-0.1, -0.05) is 0 Å². The van der Waals surface area contributed by atoms with Crippen molar-refractivity contribution in [2.45, 2.75) is 22.7 Å². The molecule has 0 aliphatic carbocycles. The normalized spacial score (nSPS) is 25.0. The van der Waals surface area contributed by atoms with Crippen molar-refractivity contribution in [1.29, 1.82) is 0 Å². The third-order valence-electron chi connectivity index (χ3n) is 2.88. The summed E-state index contributed by atoms with van der Waals surface area (Å²) in [5.74, 6) is -1.37. The number of sulfone groups is 1. The van der Waals surface area contributed by atoms with Crippen molar-refractivity contribution in [2.75, 3.05) is 6.54 Å². The molecule has 2 N–H and O–H groups in total. The van der Waals surface area contributed by atoms with Gasteiger partial charge in [-0.3, -0.25) is 5.32 Å². The fourth-order valence-electron chi connectivity index (χ4n) is 1.95. The Kier molecular flexibility index (Phi) is 2.70. The lowest BCUT2D eigenvalue weighted by Crippen LogP contribution is -2.54. The van der Waals surface area contributed by atoms with Gasteiger partial charge in [0.1, 0.15) is 0 Å². The van der Waals surface area contributed by atoms with Crippen molar-refractivity contribution < 1.29 is 18.3 Å². The van der Waals surface area contributed by atoms with Crippen LogP contribution in [-0.2, 0) is 21.7 Å². The van der Waals surface area contributed by atoms with Crippen molar-refractivity contribution in [1.82, 2.24) is 14.9 Å². The van der Waals surface area contributed by atoms with Gasteiger partial charge >= 0.3 is 5.97 Å². The first-order valence-corrected chi connectivity index (χ1v) is 6.59. The molecule has 7 nitrogen and oxygen atoms in total. The Hall–Kier alpha value is -1.41. The lowest BCUT2D eigenvalue weighted by Gasteiger charge is -2.22. The first-order chi connectivity index (χ1) is 7.90. The number of nitrogens with zero attached hydrogens (tertiary/aromatic N) is 2. The maximum Gasteiger partial charge on any atom is 0.340 e. The van der Waals surface area contributed by atoms with Crippen LogP contribution in [0.25, 0.3) is 0 Å². The van der Waals surface area contributed by atoms with E-state index in [1.807, 2.05) is 0 Å². The number of carboxylic acids is 1. The Morgan fingerprint density at radius 2 is 2.35 bits per heavy atom. The molecule has 17 heavy (non-hydrogen) atoms. The first-order valence-electron chi connectivity index (χ1n) is 5.11. The Balaban J connectivity index is 2.54. The van der Waals surface area contributed by atoms with Crippen LogP contribution in [0.5, 0.6) is 0 Å². The molecule has 2 rings (SSSR count). The van der Waals surface area contributed by atoms with Crippen molar-refractivity contribution in [2.24, 2.45) is 7.05 Å². The summed E-state index contributed by atoms with van der Waals surface area (Å²) < 4.78 is 26.1. The molecule has 1 aliphatic heterocycles. The second kappa shape index (κ2) is 3.81. The van der Waals surface area contributed by atoms with Gasteiger partial charge in [0, 0.05) is 13.2 Å². The molecule has 8 heteroatoms. The minimum atomic E-state index is -4.02. The van der Waals surface area contributed by atoms with Crippen LogP contribution < -0.4 is 5.32 Å². The average molecular weight is 259 g/mol. The SMILES string of the molecule is Cn1cnc(S(=O)(=O)[C@@]2(C(=O)O)CCCN2)c1. The molecule has 0 spiro atoms. The zero-order valence-electron chi connectivity index (χ0n) is 9.25.